The fourth-order valence-corrected chi connectivity index (χ4v) is 2.79. The highest BCUT2D eigenvalue weighted by atomic mass is 35.5. The predicted octanol–water partition coefficient (Wildman–Crippen LogP) is 3.39. The monoisotopic (exact) mass is 253 g/mol. The van der Waals surface area contributed by atoms with Crippen molar-refractivity contribution < 1.29 is 0 Å². The highest BCUT2D eigenvalue weighted by molar-refractivity contribution is 6.18. The molecule has 0 aliphatic heterocycles. The summed E-state index contributed by atoms with van der Waals surface area (Å²) in [5, 5.41) is 11.5. The van der Waals surface area contributed by atoms with Gasteiger partial charge in [0, 0.05) is 17.8 Å². The van der Waals surface area contributed by atoms with Crippen LogP contribution < -0.4 is 5.32 Å². The molecule has 1 fully saturated rings. The summed E-state index contributed by atoms with van der Waals surface area (Å²) < 4.78 is 0. The van der Waals surface area contributed by atoms with Crippen LogP contribution in [0.1, 0.15) is 37.8 Å². The molecule has 17 heavy (non-hydrogen) atoms. The van der Waals surface area contributed by atoms with E-state index in [2.05, 4.69) is 15.5 Å². The molecular formula is C13H20ClN3. The van der Waals surface area contributed by atoms with Crippen molar-refractivity contribution >= 4 is 17.4 Å². The van der Waals surface area contributed by atoms with Gasteiger partial charge in [-0.05, 0) is 31.9 Å². The Morgan fingerprint density at radius 3 is 2.59 bits per heavy atom. The van der Waals surface area contributed by atoms with Gasteiger partial charge in [-0.1, -0.05) is 19.3 Å². The first-order chi connectivity index (χ1) is 8.24. The second kappa shape index (κ2) is 5.67. The summed E-state index contributed by atoms with van der Waals surface area (Å²) in [4.78, 5) is 0. The first kappa shape index (κ1) is 12.6. The lowest BCUT2D eigenvalue weighted by Crippen LogP contribution is -2.34. The molecule has 1 aromatic rings. The predicted molar refractivity (Wildman–Crippen MR) is 71.5 cm³/mol. The highest BCUT2D eigenvalue weighted by Gasteiger charge is 2.30. The number of hydrogen-bond donors (Lipinski definition) is 1. The van der Waals surface area contributed by atoms with E-state index in [-0.39, 0.29) is 5.41 Å². The fourth-order valence-electron chi connectivity index (χ4n) is 2.43. The van der Waals surface area contributed by atoms with E-state index in [1.807, 2.05) is 19.1 Å². The Morgan fingerprint density at radius 2 is 2.00 bits per heavy atom. The Morgan fingerprint density at radius 1 is 1.24 bits per heavy atom. The van der Waals surface area contributed by atoms with E-state index >= 15 is 0 Å². The molecule has 94 valence electrons. The highest BCUT2D eigenvalue weighted by Crippen LogP contribution is 2.37. The van der Waals surface area contributed by atoms with Gasteiger partial charge in [0.15, 0.2) is 0 Å². The van der Waals surface area contributed by atoms with Crippen molar-refractivity contribution in [1.29, 1.82) is 0 Å². The standard InChI is InChI=1S/C13H20ClN3/c1-11-5-6-12(17-16-11)15-10-13(9-14)7-3-2-4-8-13/h5-6H,2-4,7-10H2,1H3,(H,15,17). The zero-order valence-corrected chi connectivity index (χ0v) is 11.1. The molecule has 2 rings (SSSR count). The lowest BCUT2D eigenvalue weighted by molar-refractivity contribution is 0.238. The second-order valence-corrected chi connectivity index (χ2v) is 5.38. The third-order valence-electron chi connectivity index (χ3n) is 3.64. The Bertz CT molecular complexity index is 344. The van der Waals surface area contributed by atoms with Crippen LogP contribution in [0.4, 0.5) is 5.82 Å². The molecule has 1 heterocycles. The minimum Gasteiger partial charge on any atom is -0.368 e. The third-order valence-corrected chi connectivity index (χ3v) is 4.21. The normalized spacial score (nSPS) is 18.9. The molecule has 1 saturated carbocycles. The van der Waals surface area contributed by atoms with E-state index in [9.17, 15) is 0 Å². The molecule has 0 saturated heterocycles. The molecule has 3 nitrogen and oxygen atoms in total. The van der Waals surface area contributed by atoms with Crippen molar-refractivity contribution in [2.24, 2.45) is 5.41 Å². The van der Waals surface area contributed by atoms with Gasteiger partial charge in [-0.15, -0.1) is 16.7 Å². The van der Waals surface area contributed by atoms with Crippen LogP contribution in [0.3, 0.4) is 0 Å². The van der Waals surface area contributed by atoms with E-state index in [1.54, 1.807) is 0 Å². The maximum absolute atomic E-state index is 6.15. The first-order valence-corrected chi connectivity index (χ1v) is 6.88. The Labute approximate surface area is 108 Å². The molecule has 1 aliphatic rings. The zero-order valence-electron chi connectivity index (χ0n) is 10.4. The number of aryl methyl sites for hydroxylation is 1. The number of anilines is 1. The van der Waals surface area contributed by atoms with Crippen molar-refractivity contribution in [3.8, 4) is 0 Å². The van der Waals surface area contributed by atoms with Crippen LogP contribution in [0, 0.1) is 12.3 Å². The van der Waals surface area contributed by atoms with Crippen molar-refractivity contribution in [2.75, 3.05) is 17.7 Å². The molecule has 0 radical (unpaired) electrons. The summed E-state index contributed by atoms with van der Waals surface area (Å²) in [6.45, 7) is 2.85. The van der Waals surface area contributed by atoms with Gasteiger partial charge in [0.05, 0.1) is 5.69 Å². The van der Waals surface area contributed by atoms with Gasteiger partial charge < -0.3 is 5.32 Å². The lowest BCUT2D eigenvalue weighted by atomic mass is 9.75. The number of nitrogens with one attached hydrogen (secondary N) is 1. The number of rotatable bonds is 4. The van der Waals surface area contributed by atoms with E-state index in [1.165, 1.54) is 32.1 Å². The van der Waals surface area contributed by atoms with E-state index in [4.69, 9.17) is 11.6 Å². The maximum atomic E-state index is 6.15. The maximum Gasteiger partial charge on any atom is 0.148 e. The van der Waals surface area contributed by atoms with Gasteiger partial charge in [-0.2, -0.15) is 5.10 Å². The van der Waals surface area contributed by atoms with Gasteiger partial charge in [0.2, 0.25) is 0 Å². The lowest BCUT2D eigenvalue weighted by Gasteiger charge is -2.35. The van der Waals surface area contributed by atoms with E-state index in [0.29, 0.717) is 0 Å². The zero-order chi connectivity index (χ0) is 12.1. The van der Waals surface area contributed by atoms with Crippen molar-refractivity contribution in [2.45, 2.75) is 39.0 Å². The SMILES string of the molecule is Cc1ccc(NCC2(CCl)CCCCC2)nn1. The Balaban J connectivity index is 1.93. The topological polar surface area (TPSA) is 37.8 Å². The van der Waals surface area contributed by atoms with Crippen molar-refractivity contribution in [3.05, 3.63) is 17.8 Å². The number of nitrogens with zero attached hydrogens (tertiary/aromatic N) is 2. The van der Waals surface area contributed by atoms with E-state index < -0.39 is 0 Å². The van der Waals surface area contributed by atoms with Crippen LogP contribution in [-0.2, 0) is 0 Å². The Kier molecular flexibility index (Phi) is 4.21. The number of hydrogen-bond acceptors (Lipinski definition) is 3. The van der Waals surface area contributed by atoms with Crippen molar-refractivity contribution in [3.63, 3.8) is 0 Å². The first-order valence-electron chi connectivity index (χ1n) is 6.34. The molecule has 4 heteroatoms. The number of aromatic nitrogens is 2. The molecular weight excluding hydrogens is 234 g/mol. The summed E-state index contributed by atoms with van der Waals surface area (Å²) in [6, 6.07) is 3.96. The molecule has 0 bridgehead atoms. The largest absolute Gasteiger partial charge is 0.368 e. The molecule has 0 unspecified atom stereocenters. The van der Waals surface area contributed by atoms with Crippen LogP contribution in [0.2, 0.25) is 0 Å². The summed E-state index contributed by atoms with van der Waals surface area (Å²) in [5.74, 6) is 1.59. The average molecular weight is 254 g/mol. The molecule has 0 spiro atoms. The second-order valence-electron chi connectivity index (χ2n) is 5.11. The fraction of sp³-hybridized carbons (Fsp3) is 0.692. The summed E-state index contributed by atoms with van der Waals surface area (Å²) in [5.41, 5.74) is 1.20. The number of alkyl halides is 1. The van der Waals surface area contributed by atoms with Gasteiger partial charge >= 0.3 is 0 Å². The molecule has 1 aliphatic carbocycles. The quantitative estimate of drug-likeness (QED) is 0.836. The minimum atomic E-state index is 0.256. The van der Waals surface area contributed by atoms with Crippen LogP contribution in [0.5, 0.6) is 0 Å². The molecule has 0 atom stereocenters. The summed E-state index contributed by atoms with van der Waals surface area (Å²) in [6.07, 6.45) is 6.40. The summed E-state index contributed by atoms with van der Waals surface area (Å²) in [7, 11) is 0. The third kappa shape index (κ3) is 3.32. The van der Waals surface area contributed by atoms with Crippen LogP contribution >= 0.6 is 11.6 Å². The van der Waals surface area contributed by atoms with E-state index in [0.717, 1.165) is 23.9 Å². The molecule has 0 aromatic carbocycles. The van der Waals surface area contributed by atoms with Gasteiger partial charge in [-0.25, -0.2) is 0 Å². The van der Waals surface area contributed by atoms with Gasteiger partial charge in [0.25, 0.3) is 0 Å². The molecule has 0 amide bonds. The summed E-state index contributed by atoms with van der Waals surface area (Å²) >= 11 is 6.15. The van der Waals surface area contributed by atoms with Gasteiger partial charge in [-0.3, -0.25) is 0 Å². The average Bonchev–Trinajstić information content (AvgIpc) is 2.39. The number of halogens is 1. The Hall–Kier alpha value is -0.830. The van der Waals surface area contributed by atoms with Gasteiger partial charge in [0.1, 0.15) is 5.82 Å². The molecule has 1 aromatic heterocycles. The smallest absolute Gasteiger partial charge is 0.148 e. The van der Waals surface area contributed by atoms with Crippen molar-refractivity contribution in [1.82, 2.24) is 10.2 Å². The molecule has 1 N–H and O–H groups in total. The van der Waals surface area contributed by atoms with Crippen LogP contribution in [-0.4, -0.2) is 22.6 Å². The minimum absolute atomic E-state index is 0.256. The van der Waals surface area contributed by atoms with Crippen LogP contribution in [0.15, 0.2) is 12.1 Å². The van der Waals surface area contributed by atoms with Crippen LogP contribution in [0.25, 0.3) is 0 Å².